The van der Waals surface area contributed by atoms with Crippen LogP contribution >= 0.6 is 24.0 Å². The number of halogens is 1. The fourth-order valence-corrected chi connectivity index (χ4v) is 1.85. The number of rotatable bonds is 8. The number of aliphatic imine (C=N–C) groups is 1. The van der Waals surface area contributed by atoms with Gasteiger partial charge in [-0.1, -0.05) is 25.1 Å². The molecule has 0 aromatic carbocycles. The molecule has 1 heterocycles. The first-order chi connectivity index (χ1) is 10.1. The van der Waals surface area contributed by atoms with Gasteiger partial charge in [0.15, 0.2) is 11.8 Å². The molecule has 7 heteroatoms. The van der Waals surface area contributed by atoms with Crippen LogP contribution in [0.3, 0.4) is 0 Å². The number of aromatic nitrogens is 2. The summed E-state index contributed by atoms with van der Waals surface area (Å²) in [5.74, 6) is 2.59. The summed E-state index contributed by atoms with van der Waals surface area (Å²) in [6, 6.07) is 0. The molecule has 0 aliphatic heterocycles. The normalized spacial score (nSPS) is 11.2. The van der Waals surface area contributed by atoms with E-state index in [1.54, 1.807) is 7.05 Å². The quantitative estimate of drug-likeness (QED) is 0.230. The zero-order chi connectivity index (χ0) is 15.7. The first kappa shape index (κ1) is 20.9. The highest BCUT2D eigenvalue weighted by Crippen LogP contribution is 2.09. The number of unbranched alkanes of at least 4 members (excludes halogenated alkanes) is 1. The van der Waals surface area contributed by atoms with Crippen molar-refractivity contribution in [2.24, 2.45) is 4.99 Å². The van der Waals surface area contributed by atoms with Crippen molar-refractivity contribution in [3.05, 3.63) is 24.4 Å². The van der Waals surface area contributed by atoms with Gasteiger partial charge in [-0.2, -0.15) is 4.98 Å². The maximum atomic E-state index is 5.22. The number of guanidine groups is 1. The van der Waals surface area contributed by atoms with Gasteiger partial charge in [-0.15, -0.1) is 30.6 Å². The zero-order valence-corrected chi connectivity index (χ0v) is 16.3. The van der Waals surface area contributed by atoms with Crippen LogP contribution in [0.25, 0.3) is 0 Å². The number of hydrogen-bond donors (Lipinski definition) is 1. The molecule has 0 aliphatic rings. The Morgan fingerprint density at radius 2 is 2.23 bits per heavy atom. The average Bonchev–Trinajstić information content (AvgIpc) is 2.93. The van der Waals surface area contributed by atoms with E-state index in [-0.39, 0.29) is 24.0 Å². The molecule has 1 aromatic rings. The van der Waals surface area contributed by atoms with E-state index in [1.165, 1.54) is 0 Å². The van der Waals surface area contributed by atoms with Gasteiger partial charge in [-0.05, 0) is 12.8 Å². The van der Waals surface area contributed by atoms with Crippen molar-refractivity contribution in [2.75, 3.05) is 27.2 Å². The maximum absolute atomic E-state index is 5.22. The van der Waals surface area contributed by atoms with Crippen LogP contribution in [0.15, 0.2) is 22.2 Å². The van der Waals surface area contributed by atoms with Crippen molar-refractivity contribution in [2.45, 2.75) is 39.0 Å². The molecule has 126 valence electrons. The van der Waals surface area contributed by atoms with Gasteiger partial charge in [-0.25, -0.2) is 0 Å². The fraction of sp³-hybridized carbons (Fsp3) is 0.667. The lowest BCUT2D eigenvalue weighted by molar-refractivity contribution is 0.370. The summed E-state index contributed by atoms with van der Waals surface area (Å²) in [5.41, 5.74) is 0. The van der Waals surface area contributed by atoms with Crippen LogP contribution in [0.5, 0.6) is 0 Å². The van der Waals surface area contributed by atoms with E-state index >= 15 is 0 Å². The van der Waals surface area contributed by atoms with Crippen LogP contribution < -0.4 is 5.32 Å². The molecular formula is C15H28IN5O. The highest BCUT2D eigenvalue weighted by atomic mass is 127. The first-order valence-corrected chi connectivity index (χ1v) is 7.43. The van der Waals surface area contributed by atoms with Crippen LogP contribution in [0.4, 0.5) is 0 Å². The van der Waals surface area contributed by atoms with Crippen molar-refractivity contribution in [1.82, 2.24) is 20.4 Å². The second-order valence-corrected chi connectivity index (χ2v) is 5.28. The Labute approximate surface area is 150 Å². The third-order valence-corrected chi connectivity index (χ3v) is 3.10. The monoisotopic (exact) mass is 421 g/mol. The van der Waals surface area contributed by atoms with Crippen molar-refractivity contribution in [3.8, 4) is 0 Å². The van der Waals surface area contributed by atoms with Gasteiger partial charge in [0.05, 0.1) is 0 Å². The average molecular weight is 421 g/mol. The molecule has 0 radical (unpaired) electrons. The Balaban J connectivity index is 0.00000441. The largest absolute Gasteiger partial charge is 0.356 e. The molecule has 0 saturated carbocycles. The molecule has 0 bridgehead atoms. The smallest absolute Gasteiger partial charge is 0.228 e. The summed E-state index contributed by atoms with van der Waals surface area (Å²) >= 11 is 0. The fourth-order valence-electron chi connectivity index (χ4n) is 1.85. The molecule has 0 fully saturated rings. The zero-order valence-electron chi connectivity index (χ0n) is 14.0. The minimum Gasteiger partial charge on any atom is -0.356 e. The Morgan fingerprint density at radius 1 is 1.50 bits per heavy atom. The van der Waals surface area contributed by atoms with Crippen molar-refractivity contribution in [1.29, 1.82) is 0 Å². The van der Waals surface area contributed by atoms with E-state index in [0.717, 1.165) is 37.7 Å². The summed E-state index contributed by atoms with van der Waals surface area (Å²) in [6.45, 7) is 9.50. The van der Waals surface area contributed by atoms with E-state index in [0.29, 0.717) is 18.2 Å². The second kappa shape index (κ2) is 11.4. The summed E-state index contributed by atoms with van der Waals surface area (Å²) in [4.78, 5) is 10.7. The van der Waals surface area contributed by atoms with Crippen molar-refractivity contribution < 1.29 is 4.52 Å². The second-order valence-electron chi connectivity index (χ2n) is 5.28. The number of nitrogens with zero attached hydrogens (tertiary/aromatic N) is 4. The Hall–Kier alpha value is -1.12. The molecule has 6 nitrogen and oxygen atoms in total. The van der Waals surface area contributed by atoms with E-state index < -0.39 is 0 Å². The number of allylic oxidation sites excluding steroid dienone is 1. The van der Waals surface area contributed by atoms with Gasteiger partial charge in [0.25, 0.3) is 0 Å². The third kappa shape index (κ3) is 7.24. The van der Waals surface area contributed by atoms with Crippen LogP contribution in [0.2, 0.25) is 0 Å². The van der Waals surface area contributed by atoms with E-state index in [9.17, 15) is 0 Å². The van der Waals surface area contributed by atoms with Gasteiger partial charge < -0.3 is 14.7 Å². The predicted octanol–water partition coefficient (Wildman–Crippen LogP) is 2.83. The SMILES string of the molecule is C=CCCCN(C)C(=NC)NCCc1nc(C(C)C)no1.I. The van der Waals surface area contributed by atoms with Gasteiger partial charge in [0.2, 0.25) is 5.89 Å². The molecule has 1 rings (SSSR count). The molecule has 22 heavy (non-hydrogen) atoms. The molecule has 0 spiro atoms. The molecule has 1 N–H and O–H groups in total. The summed E-state index contributed by atoms with van der Waals surface area (Å²) in [7, 11) is 3.82. The van der Waals surface area contributed by atoms with Crippen LogP contribution in [-0.4, -0.2) is 48.2 Å². The molecule has 0 aliphatic carbocycles. The topological polar surface area (TPSA) is 66.5 Å². The molecule has 1 aromatic heterocycles. The van der Waals surface area contributed by atoms with Gasteiger partial charge in [0, 0.05) is 39.5 Å². The van der Waals surface area contributed by atoms with Crippen LogP contribution in [0, 0.1) is 0 Å². The van der Waals surface area contributed by atoms with Crippen molar-refractivity contribution in [3.63, 3.8) is 0 Å². The van der Waals surface area contributed by atoms with Gasteiger partial charge in [-0.3, -0.25) is 4.99 Å². The number of nitrogens with one attached hydrogen (secondary N) is 1. The highest BCUT2D eigenvalue weighted by molar-refractivity contribution is 14.0. The lowest BCUT2D eigenvalue weighted by atomic mass is 10.2. The minimum atomic E-state index is 0. The summed E-state index contributed by atoms with van der Waals surface area (Å²) < 4.78 is 5.22. The van der Waals surface area contributed by atoms with Crippen LogP contribution in [-0.2, 0) is 6.42 Å². The molecule has 0 amide bonds. The Kier molecular flexibility index (Phi) is 10.9. The van der Waals surface area contributed by atoms with E-state index in [2.05, 4.69) is 31.9 Å². The molecular weight excluding hydrogens is 393 g/mol. The van der Waals surface area contributed by atoms with E-state index in [1.807, 2.05) is 27.0 Å². The van der Waals surface area contributed by atoms with Crippen molar-refractivity contribution >= 4 is 29.9 Å². The van der Waals surface area contributed by atoms with Gasteiger partial charge >= 0.3 is 0 Å². The Bertz CT molecular complexity index is 459. The highest BCUT2D eigenvalue weighted by Gasteiger charge is 2.10. The summed E-state index contributed by atoms with van der Waals surface area (Å²) in [6.07, 6.45) is 4.72. The standard InChI is InChI=1S/C15H27N5O.HI/c1-6-7-8-11-20(5)15(16-4)17-10-9-13-18-14(12(2)3)19-21-13;/h6,12H,1,7-11H2,2-5H3,(H,16,17);1H. The lowest BCUT2D eigenvalue weighted by Crippen LogP contribution is -2.40. The van der Waals surface area contributed by atoms with Crippen LogP contribution in [0.1, 0.15) is 44.3 Å². The predicted molar refractivity (Wildman–Crippen MR) is 101 cm³/mol. The molecule has 0 atom stereocenters. The Morgan fingerprint density at radius 3 is 2.77 bits per heavy atom. The summed E-state index contributed by atoms with van der Waals surface area (Å²) in [5, 5.41) is 7.26. The lowest BCUT2D eigenvalue weighted by Gasteiger charge is -2.21. The molecule has 0 unspecified atom stereocenters. The van der Waals surface area contributed by atoms with E-state index in [4.69, 9.17) is 4.52 Å². The molecule has 0 saturated heterocycles. The first-order valence-electron chi connectivity index (χ1n) is 7.43. The number of hydrogen-bond acceptors (Lipinski definition) is 4. The van der Waals surface area contributed by atoms with Gasteiger partial charge in [0.1, 0.15) is 0 Å². The minimum absolute atomic E-state index is 0. The maximum Gasteiger partial charge on any atom is 0.228 e. The third-order valence-electron chi connectivity index (χ3n) is 3.10.